The molecule has 4 aromatic rings. The molecule has 2 N–H and O–H groups in total. The van der Waals surface area contributed by atoms with Gasteiger partial charge in [0.15, 0.2) is 11.0 Å². The lowest BCUT2D eigenvalue weighted by Crippen LogP contribution is -2.17. The van der Waals surface area contributed by atoms with Crippen molar-refractivity contribution in [3.05, 3.63) is 41.7 Å². The van der Waals surface area contributed by atoms with Crippen LogP contribution in [0.4, 0.5) is 11.5 Å². The molecule has 0 radical (unpaired) electrons. The normalized spacial score (nSPS) is 15.0. The van der Waals surface area contributed by atoms with Crippen molar-refractivity contribution in [1.82, 2.24) is 25.0 Å². The van der Waals surface area contributed by atoms with Gasteiger partial charge in [-0.25, -0.2) is 0 Å². The number of rotatable bonds is 3. The van der Waals surface area contributed by atoms with Gasteiger partial charge in [0, 0.05) is 17.3 Å². The van der Waals surface area contributed by atoms with Gasteiger partial charge in [0.05, 0.1) is 17.1 Å². The number of nitrogens with one attached hydrogen (secondary N) is 2. The highest BCUT2D eigenvalue weighted by molar-refractivity contribution is 6.34. The number of pyridine rings is 1. The number of hydrogen-bond donors (Lipinski definition) is 2. The Hall–Kier alpha value is -2.60. The van der Waals surface area contributed by atoms with E-state index in [-0.39, 0.29) is 0 Å². The lowest BCUT2D eigenvalue weighted by Gasteiger charge is -2.26. The summed E-state index contributed by atoms with van der Waals surface area (Å²) in [5.74, 6) is 0.701. The average Bonchev–Trinajstić information content (AvgIpc) is 3.09. The third-order valence-corrected chi connectivity index (χ3v) is 4.94. The van der Waals surface area contributed by atoms with Crippen LogP contribution >= 0.6 is 11.6 Å². The fourth-order valence-corrected chi connectivity index (χ4v) is 3.40. The smallest absolute Gasteiger partial charge is 0.178 e. The minimum Gasteiger partial charge on any atom is -0.337 e. The van der Waals surface area contributed by atoms with Crippen LogP contribution in [0.2, 0.25) is 5.15 Å². The molecular weight excluding hydrogens is 324 g/mol. The number of anilines is 2. The van der Waals surface area contributed by atoms with Gasteiger partial charge in [0.1, 0.15) is 5.52 Å². The van der Waals surface area contributed by atoms with Gasteiger partial charge in [0.25, 0.3) is 0 Å². The van der Waals surface area contributed by atoms with Crippen LogP contribution in [0, 0.1) is 0 Å². The molecule has 1 aliphatic rings. The molecule has 0 amide bonds. The quantitative estimate of drug-likeness (QED) is 0.579. The molecule has 24 heavy (non-hydrogen) atoms. The van der Waals surface area contributed by atoms with Crippen LogP contribution in [-0.2, 0) is 0 Å². The van der Waals surface area contributed by atoms with Crippen molar-refractivity contribution in [1.29, 1.82) is 0 Å². The van der Waals surface area contributed by atoms with Gasteiger partial charge >= 0.3 is 0 Å². The van der Waals surface area contributed by atoms with Crippen molar-refractivity contribution in [2.24, 2.45) is 0 Å². The maximum atomic E-state index is 6.36. The van der Waals surface area contributed by atoms with E-state index in [9.17, 15) is 0 Å². The van der Waals surface area contributed by atoms with Crippen LogP contribution in [0.15, 0.2) is 36.5 Å². The summed E-state index contributed by atoms with van der Waals surface area (Å²) in [6.45, 7) is 0. The molecule has 7 heteroatoms. The molecule has 5 rings (SSSR count). The molecule has 1 fully saturated rings. The Kier molecular flexibility index (Phi) is 2.99. The van der Waals surface area contributed by atoms with E-state index in [1.807, 2.05) is 24.3 Å². The summed E-state index contributed by atoms with van der Waals surface area (Å²) in [5.41, 5.74) is 3.71. The fraction of sp³-hybridized carbons (Fsp3) is 0.235. The zero-order valence-corrected chi connectivity index (χ0v) is 13.6. The van der Waals surface area contributed by atoms with Gasteiger partial charge in [-0.15, -0.1) is 0 Å². The first-order chi connectivity index (χ1) is 11.8. The van der Waals surface area contributed by atoms with E-state index in [4.69, 9.17) is 11.6 Å². The number of hydrogen-bond acceptors (Lipinski definition) is 4. The van der Waals surface area contributed by atoms with Crippen molar-refractivity contribution < 1.29 is 0 Å². The molecule has 6 nitrogen and oxygen atoms in total. The van der Waals surface area contributed by atoms with Crippen LogP contribution in [0.25, 0.3) is 21.9 Å². The van der Waals surface area contributed by atoms with Crippen LogP contribution in [0.3, 0.4) is 0 Å². The number of fused-ring (bicyclic) bond motifs is 2. The Balaban J connectivity index is 1.54. The third-order valence-electron chi connectivity index (χ3n) is 4.66. The number of aromatic amines is 1. The molecule has 0 spiro atoms. The maximum Gasteiger partial charge on any atom is 0.178 e. The Morgan fingerprint density at radius 2 is 2.17 bits per heavy atom. The zero-order valence-electron chi connectivity index (χ0n) is 12.8. The van der Waals surface area contributed by atoms with E-state index in [0.29, 0.717) is 17.0 Å². The van der Waals surface area contributed by atoms with Crippen molar-refractivity contribution in [2.75, 3.05) is 5.32 Å². The number of H-pyrrole nitrogens is 1. The van der Waals surface area contributed by atoms with Gasteiger partial charge in [0.2, 0.25) is 0 Å². The summed E-state index contributed by atoms with van der Waals surface area (Å²) in [5, 5.41) is 16.6. The average molecular weight is 339 g/mol. The molecule has 0 aliphatic heterocycles. The Morgan fingerprint density at radius 3 is 3.00 bits per heavy atom. The molecule has 0 saturated heterocycles. The largest absolute Gasteiger partial charge is 0.337 e. The van der Waals surface area contributed by atoms with Gasteiger partial charge in [-0.3, -0.25) is 14.8 Å². The first kappa shape index (κ1) is 13.8. The van der Waals surface area contributed by atoms with Gasteiger partial charge in [-0.1, -0.05) is 11.6 Å². The van der Waals surface area contributed by atoms with Crippen molar-refractivity contribution in [3.63, 3.8) is 0 Å². The predicted octanol–water partition coefficient (Wildman–Crippen LogP) is 4.43. The molecule has 3 aromatic heterocycles. The summed E-state index contributed by atoms with van der Waals surface area (Å²) in [4.78, 5) is 4.36. The second kappa shape index (κ2) is 5.21. The van der Waals surface area contributed by atoms with Crippen LogP contribution in [0.1, 0.15) is 25.3 Å². The topological polar surface area (TPSA) is 71.4 Å². The second-order valence-electron chi connectivity index (χ2n) is 6.15. The predicted molar refractivity (Wildman–Crippen MR) is 94.8 cm³/mol. The summed E-state index contributed by atoms with van der Waals surface area (Å²) >= 11 is 6.36. The maximum absolute atomic E-state index is 6.36. The number of halogens is 1. The second-order valence-corrected chi connectivity index (χ2v) is 6.51. The van der Waals surface area contributed by atoms with Gasteiger partial charge in [-0.2, -0.15) is 10.2 Å². The summed E-state index contributed by atoms with van der Waals surface area (Å²) in [7, 11) is 0. The lowest BCUT2D eigenvalue weighted by molar-refractivity contribution is 0.297. The van der Waals surface area contributed by atoms with Crippen molar-refractivity contribution in [2.45, 2.75) is 25.3 Å². The standard InChI is InChI=1S/C17H15ClN6/c18-16-12-9-10(6-7-14(12)24(23-16)11-3-1-4-11)20-17-15-13(21-22-17)5-2-8-19-15/h2,5-9,11H,1,3-4H2,(H2,20,21,22). The number of aromatic nitrogens is 5. The monoisotopic (exact) mass is 338 g/mol. The Morgan fingerprint density at radius 1 is 1.25 bits per heavy atom. The highest BCUT2D eigenvalue weighted by Crippen LogP contribution is 2.36. The highest BCUT2D eigenvalue weighted by Gasteiger charge is 2.23. The number of benzene rings is 1. The van der Waals surface area contributed by atoms with Crippen LogP contribution < -0.4 is 5.32 Å². The summed E-state index contributed by atoms with van der Waals surface area (Å²) in [6.07, 6.45) is 5.38. The zero-order chi connectivity index (χ0) is 16.1. The van der Waals surface area contributed by atoms with Gasteiger partial charge in [-0.05, 0) is 49.6 Å². The third kappa shape index (κ3) is 2.06. The van der Waals surface area contributed by atoms with E-state index >= 15 is 0 Å². The molecule has 0 unspecified atom stereocenters. The van der Waals surface area contributed by atoms with Crippen molar-refractivity contribution in [3.8, 4) is 0 Å². The molecule has 0 bridgehead atoms. The summed E-state index contributed by atoms with van der Waals surface area (Å²) in [6, 6.07) is 10.4. The molecule has 120 valence electrons. The first-order valence-corrected chi connectivity index (χ1v) is 8.41. The molecular formula is C17H15ClN6. The molecule has 1 saturated carbocycles. The fourth-order valence-electron chi connectivity index (χ4n) is 3.17. The lowest BCUT2D eigenvalue weighted by atomic mass is 9.93. The molecule has 1 aliphatic carbocycles. The Labute approximate surface area is 142 Å². The molecule has 1 aromatic carbocycles. The molecule has 3 heterocycles. The van der Waals surface area contributed by atoms with E-state index < -0.39 is 0 Å². The Bertz CT molecular complexity index is 1050. The van der Waals surface area contributed by atoms with E-state index in [0.717, 1.165) is 27.6 Å². The SMILES string of the molecule is Clc1nn(C2CCC2)c2ccc(Nc3n[nH]c4cccnc34)cc12. The van der Waals surface area contributed by atoms with E-state index in [2.05, 4.69) is 36.3 Å². The molecule has 0 atom stereocenters. The number of nitrogens with zero attached hydrogens (tertiary/aromatic N) is 4. The van der Waals surface area contributed by atoms with Gasteiger partial charge < -0.3 is 5.32 Å². The van der Waals surface area contributed by atoms with E-state index in [1.54, 1.807) is 6.20 Å². The van der Waals surface area contributed by atoms with Crippen molar-refractivity contribution >= 4 is 45.0 Å². The highest BCUT2D eigenvalue weighted by atomic mass is 35.5. The van der Waals surface area contributed by atoms with E-state index in [1.165, 1.54) is 19.3 Å². The summed E-state index contributed by atoms with van der Waals surface area (Å²) < 4.78 is 2.07. The first-order valence-electron chi connectivity index (χ1n) is 8.03. The van der Waals surface area contributed by atoms with Crippen LogP contribution in [0.5, 0.6) is 0 Å². The van der Waals surface area contributed by atoms with Crippen LogP contribution in [-0.4, -0.2) is 25.0 Å². The minimum absolute atomic E-state index is 0.485. The minimum atomic E-state index is 0.485.